The van der Waals surface area contributed by atoms with Crippen LogP contribution in [-0.4, -0.2) is 14.3 Å². The van der Waals surface area contributed by atoms with Crippen LogP contribution in [0, 0.1) is 0 Å². The second-order valence-electron chi connectivity index (χ2n) is 3.78. The maximum absolute atomic E-state index is 11.6. The number of hydrogen-bond donors (Lipinski definition) is 2. The van der Waals surface area contributed by atoms with Crippen LogP contribution >= 0.6 is 0 Å². The highest BCUT2D eigenvalue weighted by Crippen LogP contribution is 2.27. The van der Waals surface area contributed by atoms with Crippen LogP contribution < -0.4 is 9.44 Å². The zero-order valence-corrected chi connectivity index (χ0v) is 9.41. The van der Waals surface area contributed by atoms with E-state index < -0.39 is 16.1 Å². The molecule has 5 nitrogen and oxygen atoms in total. The van der Waals surface area contributed by atoms with E-state index in [0.717, 1.165) is 10.8 Å². The molecule has 1 aliphatic rings. The lowest BCUT2D eigenvalue weighted by atomic mass is 10.0. The lowest BCUT2D eigenvalue weighted by Crippen LogP contribution is -2.40. The zero-order valence-electron chi connectivity index (χ0n) is 8.60. The van der Waals surface area contributed by atoms with Crippen molar-refractivity contribution in [3.63, 3.8) is 0 Å². The summed E-state index contributed by atoms with van der Waals surface area (Å²) in [6.07, 6.45) is 0. The van der Waals surface area contributed by atoms with Gasteiger partial charge in [-0.25, -0.2) is 4.72 Å². The first-order valence-corrected chi connectivity index (χ1v) is 6.41. The topological polar surface area (TPSA) is 75.3 Å². The van der Waals surface area contributed by atoms with Crippen molar-refractivity contribution in [2.45, 2.75) is 0 Å². The molecule has 0 spiro atoms. The van der Waals surface area contributed by atoms with Gasteiger partial charge in [0.2, 0.25) is 0 Å². The van der Waals surface area contributed by atoms with Crippen LogP contribution in [0.1, 0.15) is 10.4 Å². The molecule has 0 aliphatic carbocycles. The number of fused-ring (bicyclic) bond motifs is 2. The largest absolute Gasteiger partial charge is 0.323 e. The van der Waals surface area contributed by atoms with Gasteiger partial charge in [0, 0.05) is 0 Å². The molecule has 17 heavy (non-hydrogen) atoms. The van der Waals surface area contributed by atoms with Crippen molar-refractivity contribution in [1.29, 1.82) is 0 Å². The molecular formula is C11H8N2O3S. The van der Waals surface area contributed by atoms with E-state index >= 15 is 0 Å². The highest BCUT2D eigenvalue weighted by molar-refractivity contribution is 7.91. The molecule has 6 heteroatoms. The van der Waals surface area contributed by atoms with E-state index in [-0.39, 0.29) is 0 Å². The van der Waals surface area contributed by atoms with E-state index in [4.69, 9.17) is 0 Å². The Morgan fingerprint density at radius 3 is 2.29 bits per heavy atom. The molecule has 0 radical (unpaired) electrons. The fourth-order valence-electron chi connectivity index (χ4n) is 1.86. The molecule has 1 heterocycles. The SMILES string of the molecule is O=C1NS(=O)(=O)Nc2cc3ccccc3cc21. The summed E-state index contributed by atoms with van der Waals surface area (Å²) in [7, 11) is -3.76. The average Bonchev–Trinajstić information content (AvgIpc) is 2.25. The minimum Gasteiger partial charge on any atom is -0.268 e. The highest BCUT2D eigenvalue weighted by Gasteiger charge is 2.26. The highest BCUT2D eigenvalue weighted by atomic mass is 32.2. The van der Waals surface area contributed by atoms with Gasteiger partial charge in [0.1, 0.15) is 0 Å². The number of hydrogen-bond acceptors (Lipinski definition) is 3. The molecule has 2 aromatic carbocycles. The zero-order chi connectivity index (χ0) is 12.0. The molecule has 1 aliphatic heterocycles. The average molecular weight is 248 g/mol. The molecule has 0 saturated carbocycles. The van der Waals surface area contributed by atoms with E-state index in [1.165, 1.54) is 0 Å². The summed E-state index contributed by atoms with van der Waals surface area (Å²) in [5, 5.41) is 1.77. The normalized spacial score (nSPS) is 17.1. The molecule has 0 fully saturated rings. The van der Waals surface area contributed by atoms with Gasteiger partial charge in [-0.05, 0) is 22.9 Å². The Kier molecular flexibility index (Phi) is 1.90. The van der Waals surface area contributed by atoms with Gasteiger partial charge in [-0.15, -0.1) is 0 Å². The van der Waals surface area contributed by atoms with Gasteiger partial charge in [0.25, 0.3) is 5.91 Å². The van der Waals surface area contributed by atoms with E-state index in [1.807, 2.05) is 29.0 Å². The maximum Gasteiger partial charge on any atom is 0.323 e. The molecule has 0 bridgehead atoms. The predicted octanol–water partition coefficient (Wildman–Crippen LogP) is 1.24. The van der Waals surface area contributed by atoms with Crippen LogP contribution in [0.3, 0.4) is 0 Å². The molecule has 0 unspecified atom stereocenters. The van der Waals surface area contributed by atoms with Crippen LogP contribution in [0.4, 0.5) is 5.69 Å². The van der Waals surface area contributed by atoms with Crippen molar-refractivity contribution in [2.75, 3.05) is 4.72 Å². The quantitative estimate of drug-likeness (QED) is 0.736. The maximum atomic E-state index is 11.6. The summed E-state index contributed by atoms with van der Waals surface area (Å²) in [4.78, 5) is 11.6. The van der Waals surface area contributed by atoms with Crippen molar-refractivity contribution in [2.24, 2.45) is 0 Å². The summed E-state index contributed by atoms with van der Waals surface area (Å²) in [6, 6.07) is 10.8. The van der Waals surface area contributed by atoms with Gasteiger partial charge in [0.15, 0.2) is 0 Å². The molecule has 86 valence electrons. The van der Waals surface area contributed by atoms with E-state index in [9.17, 15) is 13.2 Å². The number of amides is 1. The summed E-state index contributed by atoms with van der Waals surface area (Å²) in [5.74, 6) is -0.607. The van der Waals surface area contributed by atoms with Gasteiger partial charge in [-0.3, -0.25) is 9.52 Å². The third-order valence-electron chi connectivity index (χ3n) is 2.60. The molecule has 0 aromatic heterocycles. The third-order valence-corrected chi connectivity index (χ3v) is 3.54. The van der Waals surface area contributed by atoms with Crippen molar-refractivity contribution in [1.82, 2.24) is 4.72 Å². The van der Waals surface area contributed by atoms with Gasteiger partial charge >= 0.3 is 10.2 Å². The second kappa shape index (κ2) is 3.21. The van der Waals surface area contributed by atoms with E-state index in [0.29, 0.717) is 11.3 Å². The fourth-order valence-corrected chi connectivity index (χ4v) is 2.72. The molecular weight excluding hydrogens is 240 g/mol. The van der Waals surface area contributed by atoms with Crippen LogP contribution in [0.25, 0.3) is 10.8 Å². The molecule has 0 saturated heterocycles. The molecule has 2 aromatic rings. The minimum atomic E-state index is -3.76. The molecule has 2 N–H and O–H groups in total. The standard InChI is InChI=1S/C11H8N2O3S/c14-11-9-5-7-3-1-2-4-8(7)6-10(9)12-17(15,16)13-11/h1-6,12H,(H,13,14). The van der Waals surface area contributed by atoms with Crippen molar-refractivity contribution in [3.8, 4) is 0 Å². The van der Waals surface area contributed by atoms with Gasteiger partial charge < -0.3 is 0 Å². The Labute approximate surface area is 97.6 Å². The number of rotatable bonds is 0. The van der Waals surface area contributed by atoms with Gasteiger partial charge in [0.05, 0.1) is 11.3 Å². The fraction of sp³-hybridized carbons (Fsp3) is 0. The Balaban J connectivity index is 2.32. The number of anilines is 1. The number of benzene rings is 2. The number of carbonyl (C=O) groups is 1. The monoisotopic (exact) mass is 248 g/mol. The summed E-state index contributed by atoms with van der Waals surface area (Å²) in [5.41, 5.74) is 0.644. The van der Waals surface area contributed by atoms with E-state index in [1.54, 1.807) is 12.1 Å². The smallest absolute Gasteiger partial charge is 0.268 e. The van der Waals surface area contributed by atoms with Crippen molar-refractivity contribution >= 4 is 32.6 Å². The predicted molar refractivity (Wildman–Crippen MR) is 64.0 cm³/mol. The van der Waals surface area contributed by atoms with Crippen LogP contribution in [-0.2, 0) is 10.2 Å². The number of carbonyl (C=O) groups excluding carboxylic acids is 1. The molecule has 1 amide bonds. The van der Waals surface area contributed by atoms with Crippen LogP contribution in [0.2, 0.25) is 0 Å². The van der Waals surface area contributed by atoms with Gasteiger partial charge in [-0.2, -0.15) is 8.42 Å². The van der Waals surface area contributed by atoms with Crippen LogP contribution in [0.5, 0.6) is 0 Å². The Bertz CT molecular complexity index is 737. The second-order valence-corrected chi connectivity index (χ2v) is 5.20. The van der Waals surface area contributed by atoms with Crippen molar-refractivity contribution < 1.29 is 13.2 Å². The first-order chi connectivity index (χ1) is 8.05. The minimum absolute atomic E-state index is 0.312. The molecule has 3 rings (SSSR count). The van der Waals surface area contributed by atoms with Crippen LogP contribution in [0.15, 0.2) is 36.4 Å². The Morgan fingerprint density at radius 2 is 1.59 bits per heavy atom. The van der Waals surface area contributed by atoms with E-state index in [2.05, 4.69) is 4.72 Å². The summed E-state index contributed by atoms with van der Waals surface area (Å²) >= 11 is 0. The van der Waals surface area contributed by atoms with Crippen molar-refractivity contribution in [3.05, 3.63) is 42.0 Å². The first-order valence-electron chi connectivity index (χ1n) is 4.93. The third kappa shape index (κ3) is 1.62. The number of nitrogens with one attached hydrogen (secondary N) is 2. The summed E-state index contributed by atoms with van der Waals surface area (Å²) in [6.45, 7) is 0. The Hall–Kier alpha value is -2.08. The van der Waals surface area contributed by atoms with Gasteiger partial charge in [-0.1, -0.05) is 24.3 Å². The first kappa shape index (κ1) is 10.1. The summed E-state index contributed by atoms with van der Waals surface area (Å²) < 4.78 is 26.8. The molecule has 0 atom stereocenters. The Morgan fingerprint density at radius 1 is 0.941 bits per heavy atom. The lowest BCUT2D eigenvalue weighted by molar-refractivity contribution is 0.0981. The lowest BCUT2D eigenvalue weighted by Gasteiger charge is -2.18.